The maximum atomic E-state index is 5.91. The second-order valence-corrected chi connectivity index (χ2v) is 3.89. The van der Waals surface area contributed by atoms with Gasteiger partial charge in [0, 0.05) is 6.20 Å². The number of anilines is 1. The molecule has 0 bridgehead atoms. The second kappa shape index (κ2) is 3.90. The lowest BCUT2D eigenvalue weighted by Gasteiger charge is -2.05. The number of nitrogens with zero attached hydrogens (tertiary/aromatic N) is 3. The van der Waals surface area contributed by atoms with E-state index >= 15 is 0 Å². The van der Waals surface area contributed by atoms with Crippen molar-refractivity contribution in [2.75, 3.05) is 5.73 Å². The lowest BCUT2D eigenvalue weighted by molar-refractivity contribution is 0.838. The van der Waals surface area contributed by atoms with E-state index in [-0.39, 0.29) is 0 Å². The minimum Gasteiger partial charge on any atom is -0.369 e. The van der Waals surface area contributed by atoms with Gasteiger partial charge in [-0.1, -0.05) is 30.3 Å². The summed E-state index contributed by atoms with van der Waals surface area (Å²) in [5, 5.41) is 0. The highest BCUT2D eigenvalue weighted by molar-refractivity contribution is 5.74. The van der Waals surface area contributed by atoms with Crippen LogP contribution in [0.4, 0.5) is 5.95 Å². The van der Waals surface area contributed by atoms with E-state index in [4.69, 9.17) is 5.73 Å². The van der Waals surface area contributed by atoms with Crippen molar-refractivity contribution in [1.82, 2.24) is 14.5 Å². The Morgan fingerprint density at radius 1 is 1.06 bits per heavy atom. The summed E-state index contributed by atoms with van der Waals surface area (Å²) < 4.78 is 1.97. The van der Waals surface area contributed by atoms with Gasteiger partial charge in [0.05, 0.1) is 12.1 Å². The molecule has 4 nitrogen and oxygen atoms in total. The van der Waals surface area contributed by atoms with Crippen LogP contribution in [-0.4, -0.2) is 14.5 Å². The first-order chi connectivity index (χ1) is 8.34. The van der Waals surface area contributed by atoms with Gasteiger partial charge in [-0.2, -0.15) is 4.98 Å². The summed E-state index contributed by atoms with van der Waals surface area (Å²) in [5.74, 6) is 0.502. The number of pyridine rings is 1. The van der Waals surface area contributed by atoms with Gasteiger partial charge in [0.1, 0.15) is 0 Å². The van der Waals surface area contributed by atoms with Gasteiger partial charge in [-0.3, -0.25) is 0 Å². The molecule has 2 heterocycles. The van der Waals surface area contributed by atoms with E-state index in [1.807, 2.05) is 34.9 Å². The Balaban J connectivity index is 2.08. The van der Waals surface area contributed by atoms with Gasteiger partial charge in [-0.15, -0.1) is 0 Å². The van der Waals surface area contributed by atoms with E-state index in [1.54, 1.807) is 6.20 Å². The molecule has 4 heteroatoms. The Morgan fingerprint density at radius 3 is 2.71 bits per heavy atom. The lowest BCUT2D eigenvalue weighted by atomic mass is 10.2. The Bertz CT molecular complexity index is 643. The molecule has 0 aliphatic rings. The van der Waals surface area contributed by atoms with Gasteiger partial charge in [-0.25, -0.2) is 4.98 Å². The molecule has 0 aliphatic heterocycles. The molecule has 0 unspecified atom stereocenters. The fourth-order valence-electron chi connectivity index (χ4n) is 1.91. The minimum absolute atomic E-state index is 0.502. The summed E-state index contributed by atoms with van der Waals surface area (Å²) in [6.45, 7) is 0.717. The molecule has 0 fully saturated rings. The number of aromatic nitrogens is 3. The predicted molar refractivity (Wildman–Crippen MR) is 67.5 cm³/mol. The van der Waals surface area contributed by atoms with Crippen LogP contribution in [0.1, 0.15) is 5.56 Å². The van der Waals surface area contributed by atoms with Crippen LogP contribution in [0, 0.1) is 0 Å². The zero-order chi connectivity index (χ0) is 11.7. The zero-order valence-corrected chi connectivity index (χ0v) is 9.24. The summed E-state index contributed by atoms with van der Waals surface area (Å²) in [6.07, 6.45) is 1.72. The smallest absolute Gasteiger partial charge is 0.203 e. The highest BCUT2D eigenvalue weighted by Crippen LogP contribution is 2.17. The van der Waals surface area contributed by atoms with Crippen LogP contribution in [0.5, 0.6) is 0 Å². The van der Waals surface area contributed by atoms with Crippen LogP contribution in [-0.2, 0) is 6.54 Å². The Kier molecular flexibility index (Phi) is 2.26. The molecule has 0 aliphatic carbocycles. The summed E-state index contributed by atoms with van der Waals surface area (Å²) >= 11 is 0. The quantitative estimate of drug-likeness (QED) is 0.724. The molecule has 1 aromatic carbocycles. The number of hydrogen-bond acceptors (Lipinski definition) is 3. The number of rotatable bonds is 2. The molecular weight excluding hydrogens is 212 g/mol. The lowest BCUT2D eigenvalue weighted by Crippen LogP contribution is -2.04. The highest BCUT2D eigenvalue weighted by Gasteiger charge is 2.08. The first kappa shape index (κ1) is 9.84. The molecule has 3 rings (SSSR count). The standard InChI is InChI=1S/C13H12N4/c14-13-16-12-11(7-4-8-15-12)17(13)9-10-5-2-1-3-6-10/h1-8H,9H2,(H2,14,15,16). The van der Waals surface area contributed by atoms with E-state index in [2.05, 4.69) is 22.1 Å². The Labute approximate surface area is 98.7 Å². The third kappa shape index (κ3) is 1.73. The molecule has 0 saturated heterocycles. The molecule has 84 valence electrons. The van der Waals surface area contributed by atoms with Crippen LogP contribution >= 0.6 is 0 Å². The minimum atomic E-state index is 0.502. The molecule has 2 aromatic heterocycles. The maximum absolute atomic E-state index is 5.91. The molecule has 17 heavy (non-hydrogen) atoms. The van der Waals surface area contributed by atoms with E-state index < -0.39 is 0 Å². The van der Waals surface area contributed by atoms with Crippen molar-refractivity contribution in [2.45, 2.75) is 6.54 Å². The molecule has 0 radical (unpaired) electrons. The average Bonchev–Trinajstić information content (AvgIpc) is 2.68. The fraction of sp³-hybridized carbons (Fsp3) is 0.0769. The first-order valence-electron chi connectivity index (χ1n) is 5.45. The SMILES string of the molecule is Nc1nc2ncccc2n1Cc1ccccc1. The van der Waals surface area contributed by atoms with Crippen LogP contribution in [0.25, 0.3) is 11.2 Å². The van der Waals surface area contributed by atoms with Crippen molar-refractivity contribution >= 4 is 17.1 Å². The Hall–Kier alpha value is -2.36. The maximum Gasteiger partial charge on any atom is 0.203 e. The predicted octanol–water partition coefficient (Wildman–Crippen LogP) is 2.06. The van der Waals surface area contributed by atoms with E-state index in [0.717, 1.165) is 12.1 Å². The molecule has 0 spiro atoms. The first-order valence-corrected chi connectivity index (χ1v) is 5.45. The number of fused-ring (bicyclic) bond motifs is 1. The zero-order valence-electron chi connectivity index (χ0n) is 9.24. The van der Waals surface area contributed by atoms with Gasteiger partial charge in [-0.05, 0) is 17.7 Å². The molecule has 2 N–H and O–H groups in total. The van der Waals surface area contributed by atoms with Crippen molar-refractivity contribution in [2.24, 2.45) is 0 Å². The van der Waals surface area contributed by atoms with Crippen molar-refractivity contribution in [3.8, 4) is 0 Å². The van der Waals surface area contributed by atoms with Gasteiger partial charge >= 0.3 is 0 Å². The van der Waals surface area contributed by atoms with E-state index in [0.29, 0.717) is 11.6 Å². The van der Waals surface area contributed by atoms with Crippen LogP contribution in [0.3, 0.4) is 0 Å². The number of hydrogen-bond donors (Lipinski definition) is 1. The van der Waals surface area contributed by atoms with Gasteiger partial charge < -0.3 is 10.3 Å². The normalized spacial score (nSPS) is 10.8. The van der Waals surface area contributed by atoms with Crippen molar-refractivity contribution in [1.29, 1.82) is 0 Å². The van der Waals surface area contributed by atoms with Crippen LogP contribution < -0.4 is 5.73 Å². The molecular formula is C13H12N4. The summed E-state index contributed by atoms with van der Waals surface area (Å²) in [6, 6.07) is 14.1. The molecule has 0 saturated carbocycles. The van der Waals surface area contributed by atoms with Crippen molar-refractivity contribution in [3.05, 3.63) is 54.2 Å². The molecule has 3 aromatic rings. The van der Waals surface area contributed by atoms with Gasteiger partial charge in [0.25, 0.3) is 0 Å². The summed E-state index contributed by atoms with van der Waals surface area (Å²) in [5.41, 5.74) is 8.77. The van der Waals surface area contributed by atoms with Gasteiger partial charge in [0.15, 0.2) is 5.65 Å². The van der Waals surface area contributed by atoms with Crippen molar-refractivity contribution < 1.29 is 0 Å². The van der Waals surface area contributed by atoms with Crippen LogP contribution in [0.15, 0.2) is 48.7 Å². The number of imidazole rings is 1. The van der Waals surface area contributed by atoms with Gasteiger partial charge in [0.2, 0.25) is 5.95 Å². The van der Waals surface area contributed by atoms with E-state index in [9.17, 15) is 0 Å². The van der Waals surface area contributed by atoms with Crippen LogP contribution in [0.2, 0.25) is 0 Å². The third-order valence-corrected chi connectivity index (χ3v) is 2.74. The number of nitrogens with two attached hydrogens (primary N) is 1. The monoisotopic (exact) mass is 224 g/mol. The average molecular weight is 224 g/mol. The molecule has 0 amide bonds. The second-order valence-electron chi connectivity index (χ2n) is 3.89. The Morgan fingerprint density at radius 2 is 1.88 bits per heavy atom. The third-order valence-electron chi connectivity index (χ3n) is 2.74. The van der Waals surface area contributed by atoms with Crippen molar-refractivity contribution in [3.63, 3.8) is 0 Å². The fourth-order valence-corrected chi connectivity index (χ4v) is 1.91. The largest absolute Gasteiger partial charge is 0.369 e. The highest BCUT2D eigenvalue weighted by atomic mass is 15.2. The topological polar surface area (TPSA) is 56.7 Å². The number of nitrogen functional groups attached to an aromatic ring is 1. The summed E-state index contributed by atoms with van der Waals surface area (Å²) in [4.78, 5) is 8.43. The molecule has 0 atom stereocenters. The van der Waals surface area contributed by atoms with E-state index in [1.165, 1.54) is 5.56 Å². The number of benzene rings is 1. The summed E-state index contributed by atoms with van der Waals surface area (Å²) in [7, 11) is 0.